The van der Waals surface area contributed by atoms with Crippen molar-refractivity contribution in [2.45, 2.75) is 28.8 Å². The highest BCUT2D eigenvalue weighted by molar-refractivity contribution is 8.00. The monoisotopic (exact) mass is 459 g/mol. The zero-order valence-corrected chi connectivity index (χ0v) is 19.5. The molecule has 0 spiro atoms. The second-order valence-electron chi connectivity index (χ2n) is 9.15. The van der Waals surface area contributed by atoms with Gasteiger partial charge in [-0.2, -0.15) is 0 Å². The number of hydrogen-bond acceptors (Lipinski definition) is 4. The van der Waals surface area contributed by atoms with Crippen LogP contribution in [0.3, 0.4) is 0 Å². The van der Waals surface area contributed by atoms with Gasteiger partial charge in [0.15, 0.2) is 0 Å². The molecule has 3 heterocycles. The van der Waals surface area contributed by atoms with Crippen LogP contribution in [0.1, 0.15) is 35.2 Å². The summed E-state index contributed by atoms with van der Waals surface area (Å²) in [6.07, 6.45) is 12.0. The smallest absolute Gasteiger partial charge is 0.146 e. The fourth-order valence-electron chi connectivity index (χ4n) is 5.57. The summed E-state index contributed by atoms with van der Waals surface area (Å²) < 4.78 is 0. The fraction of sp³-hybridized carbons (Fsp3) is 0.167. The molecule has 0 saturated heterocycles. The van der Waals surface area contributed by atoms with Gasteiger partial charge in [0.1, 0.15) is 12.0 Å². The Hall–Kier alpha value is -3.50. The number of aliphatic imine (C=N–C) groups is 1. The van der Waals surface area contributed by atoms with Gasteiger partial charge >= 0.3 is 0 Å². The van der Waals surface area contributed by atoms with E-state index in [1.165, 1.54) is 33.0 Å². The fourth-order valence-corrected chi connectivity index (χ4v) is 7.08. The number of thioether (sulfide) groups is 1. The van der Waals surface area contributed by atoms with E-state index in [0.717, 1.165) is 12.3 Å². The molecule has 166 valence electrons. The van der Waals surface area contributed by atoms with Crippen molar-refractivity contribution in [3.05, 3.63) is 132 Å². The lowest BCUT2D eigenvalue weighted by atomic mass is 9.93. The van der Waals surface area contributed by atoms with Crippen LogP contribution < -0.4 is 10.2 Å². The Balaban J connectivity index is 1.36. The molecule has 0 amide bonds. The number of hydrogen-bond donors (Lipinski definition) is 1. The normalized spacial score (nSPS) is 26.3. The number of rotatable bonds is 2. The van der Waals surface area contributed by atoms with E-state index >= 15 is 0 Å². The number of benzene rings is 3. The second-order valence-corrected chi connectivity index (χ2v) is 10.3. The molecule has 0 fully saturated rings. The van der Waals surface area contributed by atoms with Crippen molar-refractivity contribution in [2.24, 2.45) is 10.9 Å². The number of amidine groups is 1. The van der Waals surface area contributed by atoms with E-state index in [2.05, 4.69) is 119 Å². The molecule has 1 aliphatic carbocycles. The van der Waals surface area contributed by atoms with Crippen LogP contribution >= 0.6 is 11.8 Å². The van der Waals surface area contributed by atoms with Gasteiger partial charge in [-0.3, -0.25) is 0 Å². The highest BCUT2D eigenvalue weighted by atomic mass is 32.2. The summed E-state index contributed by atoms with van der Waals surface area (Å²) in [4.78, 5) is 9.18. The van der Waals surface area contributed by atoms with E-state index in [0.29, 0.717) is 11.8 Å². The van der Waals surface area contributed by atoms with Crippen molar-refractivity contribution in [1.82, 2.24) is 5.32 Å². The Morgan fingerprint density at radius 3 is 2.50 bits per heavy atom. The molecule has 34 heavy (non-hydrogen) atoms. The molecule has 7 rings (SSSR count). The molecular formula is C30H25N3S. The molecule has 3 aromatic carbocycles. The van der Waals surface area contributed by atoms with Crippen LogP contribution in [0.15, 0.2) is 125 Å². The summed E-state index contributed by atoms with van der Waals surface area (Å²) in [6, 6.07) is 28.3. The Kier molecular flexibility index (Phi) is 4.73. The van der Waals surface area contributed by atoms with Gasteiger partial charge in [0, 0.05) is 34.2 Å². The van der Waals surface area contributed by atoms with Gasteiger partial charge in [0.2, 0.25) is 0 Å². The third-order valence-corrected chi connectivity index (χ3v) is 8.51. The van der Waals surface area contributed by atoms with E-state index < -0.39 is 0 Å². The number of para-hydroxylation sites is 1. The van der Waals surface area contributed by atoms with Gasteiger partial charge in [-0.1, -0.05) is 103 Å². The molecule has 0 radical (unpaired) electrons. The minimum absolute atomic E-state index is 0.101. The maximum atomic E-state index is 5.30. The first-order valence-electron chi connectivity index (χ1n) is 11.9. The Bertz CT molecular complexity index is 1370. The van der Waals surface area contributed by atoms with Crippen LogP contribution in [0.25, 0.3) is 0 Å². The Morgan fingerprint density at radius 1 is 0.853 bits per heavy atom. The van der Waals surface area contributed by atoms with Gasteiger partial charge in [-0.25, -0.2) is 4.99 Å². The molecule has 3 nitrogen and oxygen atoms in total. The van der Waals surface area contributed by atoms with Crippen molar-refractivity contribution < 1.29 is 0 Å². The summed E-state index contributed by atoms with van der Waals surface area (Å²) >= 11 is 1.97. The summed E-state index contributed by atoms with van der Waals surface area (Å²) in [5.74, 6) is 1.74. The quantitative estimate of drug-likeness (QED) is 0.457. The predicted octanol–water partition coefficient (Wildman–Crippen LogP) is 6.79. The average Bonchev–Trinajstić information content (AvgIpc) is 3.44. The van der Waals surface area contributed by atoms with E-state index in [-0.39, 0.29) is 11.5 Å². The average molecular weight is 460 g/mol. The first-order chi connectivity index (χ1) is 16.9. The Labute approximate surface area is 204 Å². The van der Waals surface area contributed by atoms with E-state index in [9.17, 15) is 0 Å². The Morgan fingerprint density at radius 2 is 1.65 bits per heavy atom. The summed E-state index contributed by atoms with van der Waals surface area (Å²) in [7, 11) is 0. The van der Waals surface area contributed by atoms with Crippen LogP contribution in [-0.2, 0) is 0 Å². The lowest BCUT2D eigenvalue weighted by Crippen LogP contribution is -2.40. The summed E-state index contributed by atoms with van der Waals surface area (Å²) in [5, 5.41) is 4.03. The second kappa shape index (κ2) is 8.07. The third-order valence-electron chi connectivity index (χ3n) is 7.16. The predicted molar refractivity (Wildman–Crippen MR) is 141 cm³/mol. The summed E-state index contributed by atoms with van der Waals surface area (Å²) in [5.41, 5.74) is 6.54. The first kappa shape index (κ1) is 19.9. The molecular weight excluding hydrogens is 434 g/mol. The van der Waals surface area contributed by atoms with E-state index in [1.807, 2.05) is 11.8 Å². The molecule has 0 aromatic heterocycles. The zero-order valence-electron chi connectivity index (χ0n) is 18.7. The van der Waals surface area contributed by atoms with E-state index in [4.69, 9.17) is 4.99 Å². The van der Waals surface area contributed by atoms with Gasteiger partial charge < -0.3 is 10.2 Å². The third kappa shape index (κ3) is 3.17. The van der Waals surface area contributed by atoms with Crippen molar-refractivity contribution in [3.63, 3.8) is 0 Å². The van der Waals surface area contributed by atoms with Gasteiger partial charge in [-0.05, 0) is 35.2 Å². The van der Waals surface area contributed by atoms with Crippen LogP contribution in [0, 0.1) is 5.92 Å². The number of allylic oxidation sites excluding steroid dienone is 4. The minimum Gasteiger partial charge on any atom is -0.363 e. The van der Waals surface area contributed by atoms with Gasteiger partial charge in [0.25, 0.3) is 0 Å². The SMILES string of the molecule is C1=CCC(C2=CC(N3c4ccccc4C4c5ccccc5SC43)=NC(c3ccccc3)N2)C=C1. The highest BCUT2D eigenvalue weighted by Crippen LogP contribution is 2.57. The molecule has 1 N–H and O–H groups in total. The molecule has 4 unspecified atom stereocenters. The van der Waals surface area contributed by atoms with Crippen LogP contribution in [0.2, 0.25) is 0 Å². The molecule has 0 bridgehead atoms. The molecule has 0 saturated carbocycles. The first-order valence-corrected chi connectivity index (χ1v) is 12.8. The molecule has 3 aliphatic heterocycles. The topological polar surface area (TPSA) is 27.6 Å². The van der Waals surface area contributed by atoms with E-state index in [1.54, 1.807) is 0 Å². The van der Waals surface area contributed by atoms with Crippen LogP contribution in [0.4, 0.5) is 5.69 Å². The highest BCUT2D eigenvalue weighted by Gasteiger charge is 2.47. The van der Waals surface area contributed by atoms with Gasteiger partial charge in [0.05, 0.1) is 5.37 Å². The van der Waals surface area contributed by atoms with Crippen LogP contribution in [0.5, 0.6) is 0 Å². The molecule has 3 aromatic rings. The lowest BCUT2D eigenvalue weighted by molar-refractivity contribution is 0.556. The standard InChI is InChI=1S/C30H25N3S/c1-3-11-20(12-4-1)24-19-27(32-29(31-24)21-13-5-2-6-14-21)33-25-17-9-7-15-22(25)28-23-16-8-10-18-26(23)34-30(28)33/h1-11,13-20,28-31H,12H2. The van der Waals surface area contributed by atoms with Gasteiger partial charge in [-0.15, -0.1) is 0 Å². The molecule has 4 heteroatoms. The maximum absolute atomic E-state index is 5.30. The maximum Gasteiger partial charge on any atom is 0.146 e. The van der Waals surface area contributed by atoms with Crippen molar-refractivity contribution >= 4 is 23.3 Å². The number of nitrogens with zero attached hydrogens (tertiary/aromatic N) is 2. The van der Waals surface area contributed by atoms with Crippen molar-refractivity contribution in [1.29, 1.82) is 0 Å². The zero-order chi connectivity index (χ0) is 22.5. The lowest BCUT2D eigenvalue weighted by Gasteiger charge is -2.33. The molecule has 4 atom stereocenters. The largest absolute Gasteiger partial charge is 0.363 e. The number of anilines is 1. The minimum atomic E-state index is -0.101. The van der Waals surface area contributed by atoms with Crippen molar-refractivity contribution in [3.8, 4) is 0 Å². The number of nitrogens with one attached hydrogen (secondary N) is 1. The summed E-state index contributed by atoms with van der Waals surface area (Å²) in [6.45, 7) is 0. The molecule has 4 aliphatic rings. The number of fused-ring (bicyclic) bond motifs is 5. The van der Waals surface area contributed by atoms with Crippen molar-refractivity contribution in [2.75, 3.05) is 4.90 Å². The van der Waals surface area contributed by atoms with Crippen LogP contribution in [-0.4, -0.2) is 11.2 Å².